The number of anilines is 2. The zero-order chi connectivity index (χ0) is 26.5. The van der Waals surface area contributed by atoms with E-state index in [0.29, 0.717) is 27.9 Å². The normalized spacial score (nSPS) is 14.6. The first-order valence-corrected chi connectivity index (χ1v) is 12.6. The van der Waals surface area contributed by atoms with Crippen LogP contribution < -0.4 is 15.8 Å². The van der Waals surface area contributed by atoms with E-state index in [2.05, 4.69) is 10.6 Å². The highest BCUT2D eigenvalue weighted by molar-refractivity contribution is 8.18. The SMILES string of the molecule is CCOC(=O)c1ccc(NC(=O)/C=C2\SC(=O)N(CC(=O)Nc3ccc(S(N)(=O)=O)cc3)C2=O)cc1. The smallest absolute Gasteiger partial charge is 0.338 e. The molecule has 0 aliphatic carbocycles. The predicted octanol–water partition coefficient (Wildman–Crippen LogP) is 1.67. The van der Waals surface area contributed by atoms with Crippen molar-refractivity contribution in [3.05, 3.63) is 65.1 Å². The fourth-order valence-electron chi connectivity index (χ4n) is 2.91. The van der Waals surface area contributed by atoms with Crippen LogP contribution in [0.4, 0.5) is 16.2 Å². The number of primary sulfonamides is 1. The summed E-state index contributed by atoms with van der Waals surface area (Å²) in [6.45, 7) is 1.29. The number of amides is 4. The molecular formula is C22H20N4O8S2. The minimum absolute atomic E-state index is 0.148. The number of rotatable bonds is 8. The summed E-state index contributed by atoms with van der Waals surface area (Å²) >= 11 is 0.501. The molecule has 0 spiro atoms. The van der Waals surface area contributed by atoms with Crippen molar-refractivity contribution in [3.8, 4) is 0 Å². The van der Waals surface area contributed by atoms with Gasteiger partial charge in [-0.3, -0.25) is 24.1 Å². The second kappa shape index (κ2) is 11.2. The molecular weight excluding hydrogens is 512 g/mol. The van der Waals surface area contributed by atoms with Crippen LogP contribution in [0.5, 0.6) is 0 Å². The number of esters is 1. The molecule has 4 amide bonds. The Morgan fingerprint density at radius 2 is 1.58 bits per heavy atom. The molecule has 14 heteroatoms. The van der Waals surface area contributed by atoms with E-state index in [1.165, 1.54) is 48.5 Å². The maximum absolute atomic E-state index is 12.6. The minimum atomic E-state index is -3.90. The number of imide groups is 1. The van der Waals surface area contributed by atoms with Gasteiger partial charge in [0.25, 0.3) is 11.1 Å². The molecule has 2 aromatic carbocycles. The van der Waals surface area contributed by atoms with Gasteiger partial charge in [0.2, 0.25) is 21.8 Å². The van der Waals surface area contributed by atoms with Gasteiger partial charge in [0.15, 0.2) is 0 Å². The number of hydrogen-bond donors (Lipinski definition) is 3. The van der Waals surface area contributed by atoms with Crippen LogP contribution in [0.25, 0.3) is 0 Å². The van der Waals surface area contributed by atoms with E-state index in [4.69, 9.17) is 9.88 Å². The molecule has 1 aliphatic rings. The summed E-state index contributed by atoms with van der Waals surface area (Å²) in [6.07, 6.45) is 0.939. The third kappa shape index (κ3) is 6.78. The van der Waals surface area contributed by atoms with Crippen LogP contribution in [0.2, 0.25) is 0 Å². The summed E-state index contributed by atoms with van der Waals surface area (Å²) in [5.74, 6) is -2.73. The number of sulfonamides is 1. The average molecular weight is 533 g/mol. The van der Waals surface area contributed by atoms with Crippen molar-refractivity contribution in [2.75, 3.05) is 23.8 Å². The Balaban J connectivity index is 1.59. The van der Waals surface area contributed by atoms with E-state index >= 15 is 0 Å². The van der Waals surface area contributed by atoms with E-state index in [-0.39, 0.29) is 22.1 Å². The zero-order valence-electron chi connectivity index (χ0n) is 18.7. The van der Waals surface area contributed by atoms with Crippen molar-refractivity contribution in [1.82, 2.24) is 4.90 Å². The van der Waals surface area contributed by atoms with Crippen molar-refractivity contribution in [2.45, 2.75) is 11.8 Å². The zero-order valence-corrected chi connectivity index (χ0v) is 20.4. The fraction of sp³-hybridized carbons (Fsp3) is 0.136. The summed E-state index contributed by atoms with van der Waals surface area (Å²) in [6, 6.07) is 10.9. The van der Waals surface area contributed by atoms with Gasteiger partial charge in [0.05, 0.1) is 22.0 Å². The van der Waals surface area contributed by atoms with E-state index in [9.17, 15) is 32.4 Å². The lowest BCUT2D eigenvalue weighted by molar-refractivity contribution is -0.127. The third-order valence-electron chi connectivity index (χ3n) is 4.57. The highest BCUT2D eigenvalue weighted by atomic mass is 32.2. The fourth-order valence-corrected chi connectivity index (χ4v) is 4.23. The predicted molar refractivity (Wildman–Crippen MR) is 130 cm³/mol. The molecule has 1 fully saturated rings. The Bertz CT molecular complexity index is 1350. The number of benzene rings is 2. The highest BCUT2D eigenvalue weighted by Crippen LogP contribution is 2.30. The average Bonchev–Trinajstić information content (AvgIpc) is 3.06. The number of carbonyl (C=O) groups excluding carboxylic acids is 5. The van der Waals surface area contributed by atoms with Gasteiger partial charge >= 0.3 is 5.97 Å². The Morgan fingerprint density at radius 3 is 2.17 bits per heavy atom. The second-order valence-electron chi connectivity index (χ2n) is 7.17. The largest absolute Gasteiger partial charge is 0.462 e. The summed E-state index contributed by atoms with van der Waals surface area (Å²) in [5, 5.41) is 9.22. The molecule has 1 saturated heterocycles. The molecule has 3 rings (SSSR count). The first kappa shape index (κ1) is 26.6. The lowest BCUT2D eigenvalue weighted by Gasteiger charge is -2.12. The first-order chi connectivity index (χ1) is 17.0. The lowest BCUT2D eigenvalue weighted by Crippen LogP contribution is -2.36. The molecule has 12 nitrogen and oxygen atoms in total. The van der Waals surface area contributed by atoms with Gasteiger partial charge in [-0.25, -0.2) is 18.4 Å². The summed E-state index contributed by atoms with van der Waals surface area (Å²) in [4.78, 5) is 61.4. The van der Waals surface area contributed by atoms with Crippen molar-refractivity contribution >= 4 is 62.1 Å². The Labute approximate surface area is 209 Å². The second-order valence-corrected chi connectivity index (χ2v) is 9.73. The number of nitrogens with one attached hydrogen (secondary N) is 2. The quantitative estimate of drug-likeness (QED) is 0.336. The molecule has 0 aromatic heterocycles. The molecule has 0 radical (unpaired) electrons. The number of ether oxygens (including phenoxy) is 1. The Kier molecular flexibility index (Phi) is 8.24. The van der Waals surface area contributed by atoms with E-state index in [1.807, 2.05) is 0 Å². The Morgan fingerprint density at radius 1 is 1.00 bits per heavy atom. The van der Waals surface area contributed by atoms with Gasteiger partial charge < -0.3 is 15.4 Å². The van der Waals surface area contributed by atoms with Gasteiger partial charge in [-0.1, -0.05) is 0 Å². The topological polar surface area (TPSA) is 182 Å². The van der Waals surface area contributed by atoms with Gasteiger partial charge in [-0.05, 0) is 67.2 Å². The van der Waals surface area contributed by atoms with Crippen molar-refractivity contribution in [1.29, 1.82) is 0 Å². The van der Waals surface area contributed by atoms with E-state index < -0.39 is 45.5 Å². The number of hydrogen-bond acceptors (Lipinski definition) is 9. The van der Waals surface area contributed by atoms with Crippen LogP contribution in [-0.4, -0.2) is 55.4 Å². The maximum Gasteiger partial charge on any atom is 0.338 e. The molecule has 36 heavy (non-hydrogen) atoms. The van der Waals surface area contributed by atoms with Gasteiger partial charge in [-0.15, -0.1) is 0 Å². The maximum atomic E-state index is 12.6. The van der Waals surface area contributed by atoms with Gasteiger partial charge in [0, 0.05) is 17.5 Å². The van der Waals surface area contributed by atoms with Crippen LogP contribution in [0.1, 0.15) is 17.3 Å². The van der Waals surface area contributed by atoms with Crippen LogP contribution in [0, 0.1) is 0 Å². The summed E-state index contributed by atoms with van der Waals surface area (Å²) < 4.78 is 27.5. The highest BCUT2D eigenvalue weighted by Gasteiger charge is 2.36. The number of nitrogens with zero attached hydrogens (tertiary/aromatic N) is 1. The van der Waals surface area contributed by atoms with E-state index in [0.717, 1.165) is 6.08 Å². The molecule has 188 valence electrons. The van der Waals surface area contributed by atoms with Gasteiger partial charge in [0.1, 0.15) is 6.54 Å². The summed E-state index contributed by atoms with van der Waals surface area (Å²) in [7, 11) is -3.90. The molecule has 1 heterocycles. The number of thioether (sulfide) groups is 1. The summed E-state index contributed by atoms with van der Waals surface area (Å²) in [5.41, 5.74) is 0.870. The van der Waals surface area contributed by atoms with Crippen molar-refractivity contribution in [2.24, 2.45) is 5.14 Å². The molecule has 0 atom stereocenters. The van der Waals surface area contributed by atoms with E-state index in [1.54, 1.807) is 6.92 Å². The number of carbonyl (C=O) groups is 5. The Hall–Kier alpha value is -4.01. The first-order valence-electron chi connectivity index (χ1n) is 10.2. The minimum Gasteiger partial charge on any atom is -0.462 e. The van der Waals surface area contributed by atoms with Gasteiger partial charge in [-0.2, -0.15) is 0 Å². The van der Waals surface area contributed by atoms with Crippen molar-refractivity contribution < 1.29 is 37.1 Å². The number of nitrogens with two attached hydrogens (primary N) is 1. The molecule has 1 aliphatic heterocycles. The molecule has 4 N–H and O–H groups in total. The molecule has 0 saturated carbocycles. The lowest BCUT2D eigenvalue weighted by atomic mass is 10.2. The molecule has 0 unspecified atom stereocenters. The van der Waals surface area contributed by atoms with Crippen LogP contribution in [0.15, 0.2) is 64.4 Å². The molecule has 2 aromatic rings. The monoisotopic (exact) mass is 532 g/mol. The molecule has 0 bridgehead atoms. The third-order valence-corrected chi connectivity index (χ3v) is 6.40. The van der Waals surface area contributed by atoms with Crippen LogP contribution in [0.3, 0.4) is 0 Å². The van der Waals surface area contributed by atoms with Crippen molar-refractivity contribution in [3.63, 3.8) is 0 Å². The van der Waals surface area contributed by atoms with Crippen LogP contribution in [-0.2, 0) is 29.1 Å². The standard InChI is InChI=1S/C22H20N4O8S2/c1-2-34-21(30)13-3-5-14(6-4-13)24-18(27)11-17-20(29)26(22(31)35-17)12-19(28)25-15-7-9-16(10-8-15)36(23,32)33/h3-11H,2,12H2,1H3,(H,24,27)(H,25,28)(H2,23,32,33)/b17-11-. The van der Waals surface area contributed by atoms with Crippen LogP contribution >= 0.6 is 11.8 Å².